The van der Waals surface area contributed by atoms with Crippen molar-refractivity contribution in [3.63, 3.8) is 0 Å². The van der Waals surface area contributed by atoms with Gasteiger partial charge in [0, 0.05) is 25.2 Å². The van der Waals surface area contributed by atoms with Gasteiger partial charge in [0.2, 0.25) is 0 Å². The first-order chi connectivity index (χ1) is 8.31. The summed E-state index contributed by atoms with van der Waals surface area (Å²) in [5.41, 5.74) is -0.449. The number of ether oxygens (including phenoxy) is 1. The Morgan fingerprint density at radius 1 is 1.56 bits per heavy atom. The van der Waals surface area contributed by atoms with Crippen LogP contribution in [0.5, 0.6) is 0 Å². The van der Waals surface area contributed by atoms with Gasteiger partial charge in [-0.3, -0.25) is 0 Å². The van der Waals surface area contributed by atoms with E-state index in [2.05, 4.69) is 5.32 Å². The van der Waals surface area contributed by atoms with Gasteiger partial charge in [0.15, 0.2) is 0 Å². The summed E-state index contributed by atoms with van der Waals surface area (Å²) in [6.07, 6.45) is 1.75. The van der Waals surface area contributed by atoms with Crippen molar-refractivity contribution in [1.29, 1.82) is 0 Å². The molecule has 0 saturated carbocycles. The molecule has 0 bridgehead atoms. The van der Waals surface area contributed by atoms with Crippen molar-refractivity contribution >= 4 is 6.09 Å². The fraction of sp³-hybridized carbons (Fsp3) is 0.923. The first-order valence-electron chi connectivity index (χ1n) is 6.66. The molecule has 0 aromatic carbocycles. The zero-order valence-electron chi connectivity index (χ0n) is 11.9. The van der Waals surface area contributed by atoms with E-state index in [1.165, 1.54) is 0 Å². The molecule has 18 heavy (non-hydrogen) atoms. The smallest absolute Gasteiger partial charge is 0.410 e. The Morgan fingerprint density at radius 3 is 2.78 bits per heavy atom. The number of nitrogens with one attached hydrogen (secondary N) is 1. The van der Waals surface area contributed by atoms with E-state index >= 15 is 0 Å². The summed E-state index contributed by atoms with van der Waals surface area (Å²) in [6, 6.07) is 0.307. The van der Waals surface area contributed by atoms with E-state index in [1.807, 2.05) is 27.7 Å². The number of hydrogen-bond donors (Lipinski definition) is 2. The zero-order chi connectivity index (χ0) is 13.8. The molecule has 0 spiro atoms. The van der Waals surface area contributed by atoms with Gasteiger partial charge in [-0.05, 0) is 40.5 Å². The van der Waals surface area contributed by atoms with Crippen molar-refractivity contribution in [3.05, 3.63) is 0 Å². The number of rotatable bonds is 3. The van der Waals surface area contributed by atoms with Crippen LogP contribution in [-0.2, 0) is 4.74 Å². The molecule has 1 aliphatic heterocycles. The number of carbonyl (C=O) groups excluding carboxylic acids is 1. The molecule has 0 aliphatic carbocycles. The maximum Gasteiger partial charge on any atom is 0.410 e. The highest BCUT2D eigenvalue weighted by atomic mass is 16.6. The standard InChI is InChI=1S/C13H26N2O3/c1-10(9-16)14-11-6-5-7-15(8-11)12(17)18-13(2,3)4/h10-11,14,16H,5-9H2,1-4H3. The van der Waals surface area contributed by atoms with Crippen LogP contribution in [0.15, 0.2) is 0 Å². The van der Waals surface area contributed by atoms with E-state index in [-0.39, 0.29) is 24.8 Å². The van der Waals surface area contributed by atoms with Gasteiger partial charge in [0.05, 0.1) is 6.61 Å². The highest BCUT2D eigenvalue weighted by Gasteiger charge is 2.27. The third kappa shape index (κ3) is 5.23. The van der Waals surface area contributed by atoms with E-state index < -0.39 is 5.60 Å². The SMILES string of the molecule is CC(CO)NC1CCCN(C(=O)OC(C)(C)C)C1. The first-order valence-corrected chi connectivity index (χ1v) is 6.66. The van der Waals surface area contributed by atoms with Gasteiger partial charge in [-0.2, -0.15) is 0 Å². The van der Waals surface area contributed by atoms with Crippen molar-refractivity contribution in [1.82, 2.24) is 10.2 Å². The minimum atomic E-state index is -0.449. The molecule has 1 aliphatic rings. The average molecular weight is 258 g/mol. The average Bonchev–Trinajstić information content (AvgIpc) is 2.27. The van der Waals surface area contributed by atoms with Crippen molar-refractivity contribution in [3.8, 4) is 0 Å². The van der Waals surface area contributed by atoms with E-state index in [0.29, 0.717) is 6.54 Å². The van der Waals surface area contributed by atoms with Gasteiger partial charge in [0.25, 0.3) is 0 Å². The van der Waals surface area contributed by atoms with Crippen LogP contribution in [0.4, 0.5) is 4.79 Å². The van der Waals surface area contributed by atoms with Crippen LogP contribution in [0.3, 0.4) is 0 Å². The highest BCUT2D eigenvalue weighted by Crippen LogP contribution is 2.15. The number of piperidine rings is 1. The number of aliphatic hydroxyl groups is 1. The van der Waals surface area contributed by atoms with Crippen LogP contribution < -0.4 is 5.32 Å². The van der Waals surface area contributed by atoms with Gasteiger partial charge in [-0.1, -0.05) is 0 Å². The van der Waals surface area contributed by atoms with Crippen LogP contribution >= 0.6 is 0 Å². The van der Waals surface area contributed by atoms with Crippen molar-refractivity contribution in [2.24, 2.45) is 0 Å². The van der Waals surface area contributed by atoms with E-state index in [0.717, 1.165) is 19.4 Å². The molecule has 1 saturated heterocycles. The fourth-order valence-electron chi connectivity index (χ4n) is 2.06. The number of amides is 1. The van der Waals surface area contributed by atoms with Gasteiger partial charge in [-0.25, -0.2) is 4.79 Å². The predicted octanol–water partition coefficient (Wildman–Crippen LogP) is 1.36. The third-order valence-electron chi connectivity index (χ3n) is 2.87. The number of aliphatic hydroxyl groups excluding tert-OH is 1. The summed E-state index contributed by atoms with van der Waals surface area (Å²) in [7, 11) is 0. The highest BCUT2D eigenvalue weighted by molar-refractivity contribution is 5.68. The summed E-state index contributed by atoms with van der Waals surface area (Å²) in [6.45, 7) is 9.07. The third-order valence-corrected chi connectivity index (χ3v) is 2.87. The lowest BCUT2D eigenvalue weighted by molar-refractivity contribution is 0.0181. The Kier molecular flexibility index (Phi) is 5.41. The maximum absolute atomic E-state index is 11.9. The lowest BCUT2D eigenvalue weighted by Crippen LogP contribution is -2.51. The quantitative estimate of drug-likeness (QED) is 0.802. The molecular weight excluding hydrogens is 232 g/mol. The van der Waals surface area contributed by atoms with Crippen LogP contribution in [0.1, 0.15) is 40.5 Å². The van der Waals surface area contributed by atoms with Crippen molar-refractivity contribution < 1.29 is 14.6 Å². The van der Waals surface area contributed by atoms with Crippen molar-refractivity contribution in [2.75, 3.05) is 19.7 Å². The lowest BCUT2D eigenvalue weighted by Gasteiger charge is -2.35. The summed E-state index contributed by atoms with van der Waals surface area (Å²) < 4.78 is 5.37. The molecule has 106 valence electrons. The fourth-order valence-corrected chi connectivity index (χ4v) is 2.06. The van der Waals surface area contributed by atoms with Gasteiger partial charge >= 0.3 is 6.09 Å². The van der Waals surface area contributed by atoms with Gasteiger partial charge in [0.1, 0.15) is 5.60 Å². The summed E-state index contributed by atoms with van der Waals surface area (Å²) in [5, 5.41) is 12.3. The van der Waals surface area contributed by atoms with Crippen LogP contribution in [0.25, 0.3) is 0 Å². The summed E-state index contributed by atoms with van der Waals surface area (Å²) in [4.78, 5) is 13.7. The second kappa shape index (κ2) is 6.38. The van der Waals surface area contributed by atoms with E-state index in [4.69, 9.17) is 9.84 Å². The van der Waals surface area contributed by atoms with Crippen LogP contribution in [0.2, 0.25) is 0 Å². The molecular formula is C13H26N2O3. The Morgan fingerprint density at radius 2 is 2.22 bits per heavy atom. The Balaban J connectivity index is 2.45. The molecule has 2 unspecified atom stereocenters. The molecule has 5 nitrogen and oxygen atoms in total. The van der Waals surface area contributed by atoms with E-state index in [9.17, 15) is 4.79 Å². The monoisotopic (exact) mass is 258 g/mol. The molecule has 1 amide bonds. The first kappa shape index (κ1) is 15.2. The second-order valence-corrected chi connectivity index (χ2v) is 6.02. The molecule has 1 rings (SSSR count). The molecule has 1 fully saturated rings. The van der Waals surface area contributed by atoms with Gasteiger partial charge in [-0.15, -0.1) is 0 Å². The normalized spacial score (nSPS) is 22.7. The Hall–Kier alpha value is -0.810. The Labute approximate surface area is 109 Å². The van der Waals surface area contributed by atoms with E-state index in [1.54, 1.807) is 4.90 Å². The van der Waals surface area contributed by atoms with Crippen LogP contribution in [-0.4, -0.2) is 53.5 Å². The maximum atomic E-state index is 11.9. The molecule has 2 N–H and O–H groups in total. The number of likely N-dealkylation sites (tertiary alicyclic amines) is 1. The molecule has 2 atom stereocenters. The summed E-state index contributed by atoms with van der Waals surface area (Å²) in [5.74, 6) is 0. The second-order valence-electron chi connectivity index (χ2n) is 6.02. The molecule has 0 radical (unpaired) electrons. The predicted molar refractivity (Wildman–Crippen MR) is 70.5 cm³/mol. The van der Waals surface area contributed by atoms with Crippen molar-refractivity contribution in [2.45, 2.75) is 58.2 Å². The zero-order valence-corrected chi connectivity index (χ0v) is 11.9. The molecule has 5 heteroatoms. The van der Waals surface area contributed by atoms with Crippen LogP contribution in [0, 0.1) is 0 Å². The number of carbonyl (C=O) groups is 1. The topological polar surface area (TPSA) is 61.8 Å². The number of nitrogens with zero attached hydrogens (tertiary/aromatic N) is 1. The largest absolute Gasteiger partial charge is 0.444 e. The minimum Gasteiger partial charge on any atom is -0.444 e. The lowest BCUT2D eigenvalue weighted by atomic mass is 10.1. The molecule has 1 heterocycles. The molecule has 0 aromatic rings. The minimum absolute atomic E-state index is 0.0635. The number of hydrogen-bond acceptors (Lipinski definition) is 4. The Bertz CT molecular complexity index is 276. The molecule has 0 aromatic heterocycles. The van der Waals surface area contributed by atoms with Gasteiger partial charge < -0.3 is 20.1 Å². The summed E-state index contributed by atoms with van der Waals surface area (Å²) >= 11 is 0.